The molecule has 0 aliphatic rings. The fourth-order valence-corrected chi connectivity index (χ4v) is 1.65. The van der Waals surface area contributed by atoms with Crippen LogP contribution in [0.5, 0.6) is 0 Å². The lowest BCUT2D eigenvalue weighted by molar-refractivity contribution is 0.0622. The first-order valence-corrected chi connectivity index (χ1v) is 6.03. The zero-order valence-corrected chi connectivity index (χ0v) is 11.5. The lowest BCUT2D eigenvalue weighted by Gasteiger charge is -2.22. The van der Waals surface area contributed by atoms with Crippen molar-refractivity contribution in [2.24, 2.45) is 0 Å². The molecular weight excluding hydrogens is 270 g/mol. The van der Waals surface area contributed by atoms with Crippen molar-refractivity contribution in [3.05, 3.63) is 29.3 Å². The maximum Gasteiger partial charge on any atom is 0.257 e. The molecule has 0 heterocycles. The van der Waals surface area contributed by atoms with Gasteiger partial charge in [-0.3, -0.25) is 4.79 Å². The van der Waals surface area contributed by atoms with Crippen LogP contribution in [0.2, 0.25) is 0 Å². The number of anilines is 1. The number of ether oxygens (including phenoxy) is 2. The second-order valence-electron chi connectivity index (χ2n) is 4.13. The monoisotopic (exact) mass is 288 g/mol. The molecule has 0 aromatic heterocycles. The molecule has 1 aromatic carbocycles. The van der Waals surface area contributed by atoms with Crippen molar-refractivity contribution < 1.29 is 23.0 Å². The summed E-state index contributed by atoms with van der Waals surface area (Å²) in [7, 11) is 2.97. The fourth-order valence-electron chi connectivity index (χ4n) is 1.65. The van der Waals surface area contributed by atoms with E-state index in [4.69, 9.17) is 15.2 Å². The average Bonchev–Trinajstić information content (AvgIpc) is 2.42. The maximum absolute atomic E-state index is 13.8. The first-order chi connectivity index (χ1) is 9.51. The number of hydrogen-bond acceptors (Lipinski definition) is 4. The normalized spacial score (nSPS) is 10.6. The lowest BCUT2D eigenvalue weighted by Crippen LogP contribution is -2.37. The first-order valence-electron chi connectivity index (χ1n) is 6.03. The van der Waals surface area contributed by atoms with E-state index in [1.165, 1.54) is 19.1 Å². The van der Waals surface area contributed by atoms with Crippen LogP contribution in [0.4, 0.5) is 14.5 Å². The molecule has 1 amide bonds. The molecule has 0 radical (unpaired) electrons. The summed E-state index contributed by atoms with van der Waals surface area (Å²) < 4.78 is 36.9. The van der Waals surface area contributed by atoms with Crippen LogP contribution in [0.25, 0.3) is 0 Å². The van der Waals surface area contributed by atoms with Crippen molar-refractivity contribution in [1.29, 1.82) is 0 Å². The number of halogens is 2. The number of nitrogens with zero attached hydrogens (tertiary/aromatic N) is 1. The van der Waals surface area contributed by atoms with Crippen LogP contribution >= 0.6 is 0 Å². The molecule has 112 valence electrons. The van der Waals surface area contributed by atoms with Crippen LogP contribution in [-0.2, 0) is 9.47 Å². The molecule has 0 spiro atoms. The summed E-state index contributed by atoms with van der Waals surface area (Å²) in [5.74, 6) is -2.33. The number of amides is 1. The van der Waals surface area contributed by atoms with Gasteiger partial charge in [0.05, 0.1) is 24.5 Å². The molecule has 0 fully saturated rings. The summed E-state index contributed by atoms with van der Waals surface area (Å²) in [5.41, 5.74) is 4.53. The van der Waals surface area contributed by atoms with Gasteiger partial charge in [0, 0.05) is 27.3 Å². The van der Waals surface area contributed by atoms with Crippen LogP contribution in [0, 0.1) is 11.6 Å². The Morgan fingerprint density at radius 1 is 1.20 bits per heavy atom. The second-order valence-corrected chi connectivity index (χ2v) is 4.13. The minimum atomic E-state index is -0.920. The summed E-state index contributed by atoms with van der Waals surface area (Å²) in [6.07, 6.45) is 0. The van der Waals surface area contributed by atoms with Crippen molar-refractivity contribution in [2.45, 2.75) is 0 Å². The molecule has 2 N–H and O–H groups in total. The largest absolute Gasteiger partial charge is 0.396 e. The number of hydrogen-bond donors (Lipinski definition) is 1. The van der Waals surface area contributed by atoms with E-state index >= 15 is 0 Å². The highest BCUT2D eigenvalue weighted by atomic mass is 19.1. The van der Waals surface area contributed by atoms with Gasteiger partial charge in [-0.25, -0.2) is 8.78 Å². The van der Waals surface area contributed by atoms with Crippen LogP contribution in [0.3, 0.4) is 0 Å². The van der Waals surface area contributed by atoms with Crippen molar-refractivity contribution >= 4 is 11.6 Å². The molecule has 7 heteroatoms. The highest BCUT2D eigenvalue weighted by Crippen LogP contribution is 2.19. The standard InChI is InChI=1S/C13H18F2N2O3/c1-19-5-3-17(4-6-20-2)13(18)10-7-9(14)8-11(16)12(10)15/h7-8H,3-6,16H2,1-2H3. The van der Waals surface area contributed by atoms with Crippen molar-refractivity contribution in [2.75, 3.05) is 46.3 Å². The first kappa shape index (κ1) is 16.3. The Bertz CT molecular complexity index is 461. The minimum absolute atomic E-state index is 0.245. The van der Waals surface area contributed by atoms with Gasteiger partial charge >= 0.3 is 0 Å². The molecular formula is C13H18F2N2O3. The number of carbonyl (C=O) groups excluding carboxylic acids is 1. The second kappa shape index (κ2) is 7.76. The van der Waals surface area contributed by atoms with Gasteiger partial charge in [-0.15, -0.1) is 0 Å². The summed E-state index contributed by atoms with van der Waals surface area (Å²) in [4.78, 5) is 13.6. The van der Waals surface area contributed by atoms with Crippen molar-refractivity contribution in [3.8, 4) is 0 Å². The predicted octanol–water partition coefficient (Wildman–Crippen LogP) is 1.28. The predicted molar refractivity (Wildman–Crippen MR) is 70.4 cm³/mol. The smallest absolute Gasteiger partial charge is 0.257 e. The Morgan fingerprint density at radius 2 is 1.75 bits per heavy atom. The van der Waals surface area contributed by atoms with Crippen molar-refractivity contribution in [1.82, 2.24) is 4.90 Å². The van der Waals surface area contributed by atoms with E-state index in [2.05, 4.69) is 0 Å². The number of nitrogens with two attached hydrogens (primary N) is 1. The van der Waals surface area contributed by atoms with Crippen LogP contribution < -0.4 is 5.73 Å². The van der Waals surface area contributed by atoms with Crippen LogP contribution in [0.1, 0.15) is 10.4 Å². The van der Waals surface area contributed by atoms with E-state index in [1.807, 2.05) is 0 Å². The number of rotatable bonds is 7. The molecule has 0 aliphatic carbocycles. The van der Waals surface area contributed by atoms with Gasteiger partial charge in [-0.1, -0.05) is 0 Å². The number of methoxy groups -OCH3 is 2. The number of carbonyl (C=O) groups is 1. The van der Waals surface area contributed by atoms with Gasteiger partial charge in [0.2, 0.25) is 0 Å². The summed E-state index contributed by atoms with van der Waals surface area (Å²) >= 11 is 0. The molecule has 0 unspecified atom stereocenters. The van der Waals surface area contributed by atoms with E-state index in [0.29, 0.717) is 0 Å². The van der Waals surface area contributed by atoms with Gasteiger partial charge < -0.3 is 20.1 Å². The zero-order chi connectivity index (χ0) is 15.1. The third kappa shape index (κ3) is 4.14. The summed E-state index contributed by atoms with van der Waals surface area (Å²) in [6.45, 7) is 1.05. The van der Waals surface area contributed by atoms with E-state index < -0.39 is 28.8 Å². The molecule has 0 saturated carbocycles. The third-order valence-electron chi connectivity index (χ3n) is 2.71. The highest BCUT2D eigenvalue weighted by molar-refractivity contribution is 5.95. The molecule has 0 aliphatic heterocycles. The number of nitrogen functional groups attached to an aromatic ring is 1. The third-order valence-corrected chi connectivity index (χ3v) is 2.71. The quantitative estimate of drug-likeness (QED) is 0.768. The molecule has 1 aromatic rings. The van der Waals surface area contributed by atoms with Gasteiger partial charge in [0.25, 0.3) is 5.91 Å². The summed E-state index contributed by atoms with van der Waals surface area (Å²) in [6, 6.07) is 1.67. The van der Waals surface area contributed by atoms with E-state index in [9.17, 15) is 13.6 Å². The fraction of sp³-hybridized carbons (Fsp3) is 0.462. The van der Waals surface area contributed by atoms with Crippen LogP contribution in [-0.4, -0.2) is 51.3 Å². The Balaban J connectivity index is 2.98. The molecule has 5 nitrogen and oxygen atoms in total. The molecule has 0 saturated heterocycles. The number of benzene rings is 1. The average molecular weight is 288 g/mol. The molecule has 20 heavy (non-hydrogen) atoms. The maximum atomic E-state index is 13.8. The Morgan fingerprint density at radius 3 is 2.25 bits per heavy atom. The van der Waals surface area contributed by atoms with Gasteiger partial charge in [0.15, 0.2) is 5.82 Å². The Hall–Kier alpha value is -1.73. The Kier molecular flexibility index (Phi) is 6.33. The Labute approximate surface area is 116 Å². The summed E-state index contributed by atoms with van der Waals surface area (Å²) in [5, 5.41) is 0. The molecule has 1 rings (SSSR count). The van der Waals surface area contributed by atoms with E-state index in [0.717, 1.165) is 12.1 Å². The van der Waals surface area contributed by atoms with Crippen molar-refractivity contribution in [3.63, 3.8) is 0 Å². The highest BCUT2D eigenvalue weighted by Gasteiger charge is 2.21. The van der Waals surface area contributed by atoms with Gasteiger partial charge in [0.1, 0.15) is 5.82 Å². The zero-order valence-electron chi connectivity index (χ0n) is 11.5. The molecule has 0 atom stereocenters. The van der Waals surface area contributed by atoms with Crippen LogP contribution in [0.15, 0.2) is 12.1 Å². The van der Waals surface area contributed by atoms with Gasteiger partial charge in [-0.05, 0) is 12.1 Å². The van der Waals surface area contributed by atoms with E-state index in [-0.39, 0.29) is 26.3 Å². The van der Waals surface area contributed by atoms with E-state index in [1.54, 1.807) is 0 Å². The molecule has 0 bridgehead atoms. The SMILES string of the molecule is COCCN(CCOC)C(=O)c1cc(F)cc(N)c1F. The lowest BCUT2D eigenvalue weighted by atomic mass is 10.1. The topological polar surface area (TPSA) is 64.8 Å². The van der Waals surface area contributed by atoms with Gasteiger partial charge in [-0.2, -0.15) is 0 Å². The minimum Gasteiger partial charge on any atom is -0.396 e.